The van der Waals surface area contributed by atoms with Crippen LogP contribution in [0.15, 0.2) is 27.4 Å². The lowest BCUT2D eigenvalue weighted by Crippen LogP contribution is -1.98. The molecule has 0 bridgehead atoms. The highest BCUT2D eigenvalue weighted by Crippen LogP contribution is 2.28. The Morgan fingerprint density at radius 1 is 1.56 bits per heavy atom. The van der Waals surface area contributed by atoms with Crippen LogP contribution in [0.25, 0.3) is 11.5 Å². The molecule has 0 aliphatic carbocycles. The summed E-state index contributed by atoms with van der Waals surface area (Å²) in [5.74, 6) is -0.500. The van der Waals surface area contributed by atoms with Gasteiger partial charge in [-0.15, -0.1) is 0 Å². The molecule has 6 heteroatoms. The predicted molar refractivity (Wildman–Crippen MR) is 52.3 cm³/mol. The zero-order valence-electron chi connectivity index (χ0n) is 8.47. The molecule has 0 atom stereocenters. The first-order chi connectivity index (χ1) is 7.72. The molecule has 2 heterocycles. The van der Waals surface area contributed by atoms with Crippen molar-refractivity contribution in [1.82, 2.24) is 4.98 Å². The van der Waals surface area contributed by atoms with Crippen LogP contribution in [-0.4, -0.2) is 22.7 Å². The van der Waals surface area contributed by atoms with Gasteiger partial charge in [-0.25, -0.2) is 9.78 Å². The van der Waals surface area contributed by atoms with Crippen molar-refractivity contribution >= 4 is 5.97 Å². The molecule has 0 saturated heterocycles. The molecule has 1 N–H and O–H groups in total. The maximum atomic E-state index is 10.8. The zero-order chi connectivity index (χ0) is 11.5. The van der Waals surface area contributed by atoms with Gasteiger partial charge in [-0.05, 0) is 13.0 Å². The van der Waals surface area contributed by atoms with E-state index < -0.39 is 5.97 Å². The van der Waals surface area contributed by atoms with Crippen LogP contribution in [0.1, 0.15) is 17.4 Å². The normalized spacial score (nSPS) is 10.3. The highest BCUT2D eigenvalue weighted by molar-refractivity contribution is 5.91. The fourth-order valence-electron chi connectivity index (χ4n) is 1.24. The molecule has 16 heavy (non-hydrogen) atoms. The lowest BCUT2D eigenvalue weighted by Gasteiger charge is -1.96. The molecule has 0 unspecified atom stereocenters. The van der Waals surface area contributed by atoms with Crippen LogP contribution >= 0.6 is 0 Å². The maximum absolute atomic E-state index is 10.8. The second kappa shape index (κ2) is 4.09. The summed E-state index contributed by atoms with van der Waals surface area (Å²) in [6.07, 6.45) is 1.06. The quantitative estimate of drug-likeness (QED) is 0.853. The van der Waals surface area contributed by atoms with E-state index in [0.29, 0.717) is 12.6 Å². The van der Waals surface area contributed by atoms with Gasteiger partial charge in [-0.1, -0.05) is 0 Å². The Bertz CT molecular complexity index is 499. The second-order valence-corrected chi connectivity index (χ2v) is 2.89. The molecule has 0 aliphatic rings. The third-order valence-electron chi connectivity index (χ3n) is 1.86. The van der Waals surface area contributed by atoms with Crippen molar-refractivity contribution in [2.75, 3.05) is 6.61 Å². The molecule has 0 aliphatic heterocycles. The van der Waals surface area contributed by atoms with Crippen LogP contribution in [0.4, 0.5) is 0 Å². The molecule has 6 nitrogen and oxygen atoms in total. The van der Waals surface area contributed by atoms with E-state index >= 15 is 0 Å². The van der Waals surface area contributed by atoms with Gasteiger partial charge in [0.25, 0.3) is 5.95 Å². The van der Waals surface area contributed by atoms with E-state index in [1.165, 1.54) is 0 Å². The molecule has 0 amide bonds. The molecule has 0 spiro atoms. The number of carbonyl (C=O) groups is 1. The zero-order valence-corrected chi connectivity index (χ0v) is 8.47. The Morgan fingerprint density at radius 2 is 2.38 bits per heavy atom. The smallest absolute Gasteiger partial charge is 0.358 e. The topological polar surface area (TPSA) is 85.7 Å². The predicted octanol–water partition coefficient (Wildman–Crippen LogP) is 2.03. The Labute approximate surface area is 90.5 Å². The molecule has 2 aromatic heterocycles. The number of aromatic carboxylic acids is 1. The van der Waals surface area contributed by atoms with Crippen molar-refractivity contribution in [3.8, 4) is 17.5 Å². The summed E-state index contributed by atoms with van der Waals surface area (Å²) in [5, 5.41) is 8.83. The highest BCUT2D eigenvalue weighted by atomic mass is 16.6. The minimum Gasteiger partial charge on any atom is -0.476 e. The lowest BCUT2D eigenvalue weighted by atomic mass is 10.3. The van der Waals surface area contributed by atoms with E-state index in [4.69, 9.17) is 18.7 Å². The first kappa shape index (κ1) is 10.3. The minimum absolute atomic E-state index is 0.0819. The number of oxazole rings is 1. The van der Waals surface area contributed by atoms with E-state index in [9.17, 15) is 4.79 Å². The summed E-state index contributed by atoms with van der Waals surface area (Å²) in [5.41, 5.74) is -0.183. The van der Waals surface area contributed by atoms with E-state index in [2.05, 4.69) is 4.98 Å². The van der Waals surface area contributed by atoms with E-state index in [-0.39, 0.29) is 17.2 Å². The number of carboxylic acid groups (broad SMARTS) is 1. The number of nitrogens with zero attached hydrogens (tertiary/aromatic N) is 1. The van der Waals surface area contributed by atoms with Gasteiger partial charge in [0.15, 0.2) is 17.8 Å². The maximum Gasteiger partial charge on any atom is 0.358 e. The Morgan fingerprint density at radius 3 is 3.06 bits per heavy atom. The number of hydrogen-bond donors (Lipinski definition) is 1. The Hall–Kier alpha value is -2.24. The number of carboxylic acids is 1. The Kier molecular flexibility index (Phi) is 2.63. The fraction of sp³-hybridized carbons (Fsp3) is 0.200. The van der Waals surface area contributed by atoms with Crippen LogP contribution in [0.3, 0.4) is 0 Å². The third-order valence-corrected chi connectivity index (χ3v) is 1.86. The van der Waals surface area contributed by atoms with Crippen molar-refractivity contribution in [2.45, 2.75) is 6.92 Å². The molecular weight excluding hydrogens is 214 g/mol. The third kappa shape index (κ3) is 1.77. The van der Waals surface area contributed by atoms with Crippen LogP contribution in [0.5, 0.6) is 5.95 Å². The van der Waals surface area contributed by atoms with Gasteiger partial charge in [-0.3, -0.25) is 0 Å². The first-order valence-electron chi connectivity index (χ1n) is 4.62. The van der Waals surface area contributed by atoms with Gasteiger partial charge in [0.1, 0.15) is 0 Å². The monoisotopic (exact) mass is 223 g/mol. The van der Waals surface area contributed by atoms with Gasteiger partial charge < -0.3 is 18.7 Å². The largest absolute Gasteiger partial charge is 0.476 e. The van der Waals surface area contributed by atoms with Crippen LogP contribution in [-0.2, 0) is 0 Å². The van der Waals surface area contributed by atoms with Crippen molar-refractivity contribution in [1.29, 1.82) is 0 Å². The van der Waals surface area contributed by atoms with E-state index in [1.54, 1.807) is 12.1 Å². The summed E-state index contributed by atoms with van der Waals surface area (Å²) >= 11 is 0. The average molecular weight is 223 g/mol. The molecule has 0 radical (unpaired) electrons. The summed E-state index contributed by atoms with van der Waals surface area (Å²) in [4.78, 5) is 14.4. The fourth-order valence-corrected chi connectivity index (χ4v) is 1.24. The number of rotatable bonds is 4. The SMILES string of the molecule is CCOc1ccc(-c2ocnc2C(=O)O)o1. The van der Waals surface area contributed by atoms with Crippen molar-refractivity contribution < 1.29 is 23.5 Å². The van der Waals surface area contributed by atoms with E-state index in [0.717, 1.165) is 6.39 Å². The highest BCUT2D eigenvalue weighted by Gasteiger charge is 2.20. The van der Waals surface area contributed by atoms with Gasteiger partial charge in [-0.2, -0.15) is 0 Å². The molecule has 2 aromatic rings. The molecule has 0 saturated carbocycles. The van der Waals surface area contributed by atoms with Crippen molar-refractivity contribution in [3.63, 3.8) is 0 Å². The number of furan rings is 1. The van der Waals surface area contributed by atoms with Crippen LogP contribution in [0.2, 0.25) is 0 Å². The summed E-state index contributed by atoms with van der Waals surface area (Å²) in [6, 6.07) is 3.16. The summed E-state index contributed by atoms with van der Waals surface area (Å²) in [7, 11) is 0. The van der Waals surface area contributed by atoms with Crippen molar-refractivity contribution in [3.05, 3.63) is 24.2 Å². The first-order valence-corrected chi connectivity index (χ1v) is 4.62. The van der Waals surface area contributed by atoms with E-state index in [1.807, 2.05) is 6.92 Å². The Balaban J connectivity index is 2.35. The number of hydrogen-bond acceptors (Lipinski definition) is 5. The van der Waals surface area contributed by atoms with Crippen LogP contribution < -0.4 is 4.74 Å². The van der Waals surface area contributed by atoms with Crippen LogP contribution in [0, 0.1) is 0 Å². The molecule has 0 fully saturated rings. The lowest BCUT2D eigenvalue weighted by molar-refractivity contribution is 0.0691. The standard InChI is InChI=1S/C10H9NO5/c1-2-14-7-4-3-6(16-7)9-8(10(12)13)11-5-15-9/h3-5H,2H2,1H3,(H,12,13). The minimum atomic E-state index is -1.17. The number of ether oxygens (including phenoxy) is 1. The summed E-state index contributed by atoms with van der Waals surface area (Å²) in [6.45, 7) is 2.29. The number of aromatic nitrogens is 1. The van der Waals surface area contributed by atoms with Gasteiger partial charge in [0.2, 0.25) is 5.76 Å². The molecular formula is C10H9NO5. The second-order valence-electron chi connectivity index (χ2n) is 2.89. The van der Waals surface area contributed by atoms with Crippen molar-refractivity contribution in [2.24, 2.45) is 0 Å². The average Bonchev–Trinajstić information content (AvgIpc) is 2.83. The van der Waals surface area contributed by atoms with Gasteiger partial charge >= 0.3 is 5.97 Å². The molecule has 2 rings (SSSR count). The van der Waals surface area contributed by atoms with Gasteiger partial charge in [0, 0.05) is 6.07 Å². The van der Waals surface area contributed by atoms with Gasteiger partial charge in [0.05, 0.1) is 6.61 Å². The molecule has 84 valence electrons. The molecule has 0 aromatic carbocycles. The summed E-state index contributed by atoms with van der Waals surface area (Å²) < 4.78 is 15.3.